The zero-order valence-corrected chi connectivity index (χ0v) is 8.59. The van der Waals surface area contributed by atoms with Gasteiger partial charge in [-0.05, 0) is 6.07 Å². The minimum Gasteiger partial charge on any atom is -0.478 e. The average Bonchev–Trinajstić information content (AvgIpc) is 2.28. The van der Waals surface area contributed by atoms with Crippen molar-refractivity contribution in [1.29, 1.82) is 0 Å². The molecule has 7 nitrogen and oxygen atoms in total. The number of hydrogen-bond donors (Lipinski definition) is 2. The molecule has 1 rings (SSSR count). The van der Waals surface area contributed by atoms with Crippen LogP contribution >= 0.6 is 0 Å². The summed E-state index contributed by atoms with van der Waals surface area (Å²) in [6.45, 7) is 0. The number of aromatic carboxylic acids is 1. The minimum absolute atomic E-state index is 0.519. The third-order valence-electron chi connectivity index (χ3n) is 1.90. The van der Waals surface area contributed by atoms with E-state index in [0.29, 0.717) is 6.07 Å². The number of alkyl halides is 2. The molecule has 0 heterocycles. The summed E-state index contributed by atoms with van der Waals surface area (Å²) in [4.78, 5) is 31.1. The molecule has 0 aromatic heterocycles. The average molecular weight is 260 g/mol. The maximum atomic E-state index is 12.0. The predicted molar refractivity (Wildman–Crippen MR) is 54.7 cm³/mol. The molecule has 96 valence electrons. The van der Waals surface area contributed by atoms with Gasteiger partial charge >= 0.3 is 12.4 Å². The molecule has 0 bridgehead atoms. The van der Waals surface area contributed by atoms with Gasteiger partial charge in [-0.2, -0.15) is 8.78 Å². The second-order valence-corrected chi connectivity index (χ2v) is 3.08. The van der Waals surface area contributed by atoms with Crippen molar-refractivity contribution >= 4 is 23.3 Å². The number of nitrogens with zero attached hydrogens (tertiary/aromatic N) is 1. The minimum atomic E-state index is -3.36. The van der Waals surface area contributed by atoms with Crippen LogP contribution in [0.4, 0.5) is 20.2 Å². The van der Waals surface area contributed by atoms with E-state index in [2.05, 4.69) is 0 Å². The van der Waals surface area contributed by atoms with Crippen molar-refractivity contribution in [3.05, 3.63) is 33.9 Å². The normalized spacial score (nSPS) is 10.2. The SMILES string of the molecule is O=C(O)c1ccc([N+](=O)[O-])cc1NC(=O)C(F)F. The number of amides is 1. The fourth-order valence-corrected chi connectivity index (χ4v) is 1.12. The van der Waals surface area contributed by atoms with Gasteiger partial charge in [0.05, 0.1) is 16.2 Å². The van der Waals surface area contributed by atoms with Gasteiger partial charge in [-0.1, -0.05) is 0 Å². The first-order valence-electron chi connectivity index (χ1n) is 4.43. The van der Waals surface area contributed by atoms with E-state index in [1.54, 1.807) is 5.32 Å². The van der Waals surface area contributed by atoms with E-state index in [9.17, 15) is 28.5 Å². The Morgan fingerprint density at radius 1 is 1.39 bits per heavy atom. The number of carbonyl (C=O) groups is 2. The van der Waals surface area contributed by atoms with E-state index in [1.807, 2.05) is 0 Å². The highest BCUT2D eigenvalue weighted by Crippen LogP contribution is 2.23. The van der Waals surface area contributed by atoms with E-state index in [-0.39, 0.29) is 0 Å². The predicted octanol–water partition coefficient (Wildman–Crippen LogP) is 1.50. The van der Waals surface area contributed by atoms with Crippen LogP contribution in [0.5, 0.6) is 0 Å². The molecule has 0 saturated carbocycles. The van der Waals surface area contributed by atoms with Gasteiger partial charge in [0.2, 0.25) is 0 Å². The summed E-state index contributed by atoms with van der Waals surface area (Å²) >= 11 is 0. The van der Waals surface area contributed by atoms with Crippen LogP contribution in [0.2, 0.25) is 0 Å². The van der Waals surface area contributed by atoms with Crippen molar-refractivity contribution in [2.75, 3.05) is 5.32 Å². The van der Waals surface area contributed by atoms with Crippen LogP contribution in [0.15, 0.2) is 18.2 Å². The molecule has 1 amide bonds. The molecule has 1 aromatic rings. The zero-order valence-electron chi connectivity index (χ0n) is 8.59. The molecule has 2 N–H and O–H groups in total. The molecule has 0 aliphatic rings. The zero-order chi connectivity index (χ0) is 13.9. The van der Waals surface area contributed by atoms with Crippen molar-refractivity contribution in [2.24, 2.45) is 0 Å². The molecule has 9 heteroatoms. The number of nitro groups is 1. The van der Waals surface area contributed by atoms with Gasteiger partial charge in [0.15, 0.2) is 0 Å². The maximum Gasteiger partial charge on any atom is 0.337 e. The fraction of sp³-hybridized carbons (Fsp3) is 0.111. The van der Waals surface area contributed by atoms with Crippen LogP contribution in [0.1, 0.15) is 10.4 Å². The number of rotatable bonds is 4. The lowest BCUT2D eigenvalue weighted by atomic mass is 10.1. The fourth-order valence-electron chi connectivity index (χ4n) is 1.12. The van der Waals surface area contributed by atoms with Gasteiger partial charge in [0.25, 0.3) is 11.6 Å². The van der Waals surface area contributed by atoms with Crippen LogP contribution < -0.4 is 5.32 Å². The monoisotopic (exact) mass is 260 g/mol. The second kappa shape index (κ2) is 5.17. The Hall–Kier alpha value is -2.58. The summed E-state index contributed by atoms with van der Waals surface area (Å²) in [5, 5.41) is 20.8. The van der Waals surface area contributed by atoms with Crippen LogP contribution in [-0.4, -0.2) is 28.3 Å². The number of non-ortho nitro benzene ring substituents is 1. The topological polar surface area (TPSA) is 110 Å². The van der Waals surface area contributed by atoms with Crippen molar-refractivity contribution in [3.63, 3.8) is 0 Å². The quantitative estimate of drug-likeness (QED) is 0.629. The summed E-state index contributed by atoms with van der Waals surface area (Å²) in [7, 11) is 0. The summed E-state index contributed by atoms with van der Waals surface area (Å²) < 4.78 is 24.0. The second-order valence-electron chi connectivity index (χ2n) is 3.08. The third-order valence-corrected chi connectivity index (χ3v) is 1.90. The Bertz CT molecular complexity index is 518. The number of hydrogen-bond acceptors (Lipinski definition) is 4. The highest BCUT2D eigenvalue weighted by molar-refractivity contribution is 6.01. The number of carbonyl (C=O) groups excluding carboxylic acids is 1. The number of carboxylic acid groups (broad SMARTS) is 1. The molecule has 0 aliphatic heterocycles. The van der Waals surface area contributed by atoms with Crippen molar-refractivity contribution in [3.8, 4) is 0 Å². The Morgan fingerprint density at radius 3 is 2.44 bits per heavy atom. The summed E-state index contributed by atoms with van der Waals surface area (Å²) in [5.41, 5.74) is -1.60. The van der Waals surface area contributed by atoms with E-state index < -0.39 is 40.2 Å². The van der Waals surface area contributed by atoms with E-state index in [0.717, 1.165) is 12.1 Å². The van der Waals surface area contributed by atoms with E-state index in [4.69, 9.17) is 5.11 Å². The standard InChI is InChI=1S/C9H6F2N2O5/c10-7(11)8(14)12-6-3-4(13(17)18)1-2-5(6)9(15)16/h1-3,7H,(H,12,14)(H,15,16). The Labute approximate surface area is 98.2 Å². The van der Waals surface area contributed by atoms with Gasteiger partial charge in [0.1, 0.15) is 0 Å². The molecular formula is C9H6F2N2O5. The van der Waals surface area contributed by atoms with Gasteiger partial charge < -0.3 is 10.4 Å². The molecule has 0 aliphatic carbocycles. The maximum absolute atomic E-state index is 12.0. The first-order chi connectivity index (χ1) is 8.32. The number of benzene rings is 1. The summed E-state index contributed by atoms with van der Waals surface area (Å²) in [6, 6.07) is 2.44. The number of nitrogens with one attached hydrogen (secondary N) is 1. The van der Waals surface area contributed by atoms with Crippen molar-refractivity contribution < 1.29 is 28.4 Å². The largest absolute Gasteiger partial charge is 0.478 e. The number of carboxylic acids is 1. The van der Waals surface area contributed by atoms with Gasteiger partial charge in [0, 0.05) is 12.1 Å². The summed E-state index contributed by atoms with van der Waals surface area (Å²) in [5.74, 6) is -3.24. The molecular weight excluding hydrogens is 254 g/mol. The van der Waals surface area contributed by atoms with Crippen LogP contribution in [-0.2, 0) is 4.79 Å². The highest BCUT2D eigenvalue weighted by atomic mass is 19.3. The van der Waals surface area contributed by atoms with Crippen LogP contribution in [0.3, 0.4) is 0 Å². The Balaban J connectivity index is 3.19. The molecule has 1 aromatic carbocycles. The van der Waals surface area contributed by atoms with Crippen molar-refractivity contribution in [1.82, 2.24) is 0 Å². The number of anilines is 1. The Morgan fingerprint density at radius 2 is 2.00 bits per heavy atom. The van der Waals surface area contributed by atoms with Gasteiger partial charge in [-0.3, -0.25) is 14.9 Å². The molecule has 0 unspecified atom stereocenters. The van der Waals surface area contributed by atoms with Crippen LogP contribution in [0, 0.1) is 10.1 Å². The molecule has 18 heavy (non-hydrogen) atoms. The van der Waals surface area contributed by atoms with Gasteiger partial charge in [-0.15, -0.1) is 0 Å². The lowest BCUT2D eigenvalue weighted by Crippen LogP contribution is -2.21. The number of halogens is 2. The lowest BCUT2D eigenvalue weighted by molar-refractivity contribution is -0.384. The molecule has 0 saturated heterocycles. The Kier molecular flexibility index (Phi) is 3.87. The third kappa shape index (κ3) is 2.97. The van der Waals surface area contributed by atoms with E-state index >= 15 is 0 Å². The van der Waals surface area contributed by atoms with Crippen LogP contribution in [0.25, 0.3) is 0 Å². The smallest absolute Gasteiger partial charge is 0.337 e. The highest BCUT2D eigenvalue weighted by Gasteiger charge is 2.21. The molecule has 0 fully saturated rings. The van der Waals surface area contributed by atoms with Crippen molar-refractivity contribution in [2.45, 2.75) is 6.43 Å². The van der Waals surface area contributed by atoms with Gasteiger partial charge in [-0.25, -0.2) is 4.79 Å². The molecule has 0 radical (unpaired) electrons. The van der Waals surface area contributed by atoms with E-state index in [1.165, 1.54) is 0 Å². The molecule has 0 spiro atoms. The first kappa shape index (κ1) is 13.5. The number of nitro benzene ring substituents is 1. The molecule has 0 atom stereocenters. The lowest BCUT2D eigenvalue weighted by Gasteiger charge is -2.07. The first-order valence-corrected chi connectivity index (χ1v) is 4.43. The summed E-state index contributed by atoms with van der Waals surface area (Å²) in [6.07, 6.45) is -3.36.